The summed E-state index contributed by atoms with van der Waals surface area (Å²) in [6.45, 7) is 4.53. The highest BCUT2D eigenvalue weighted by Gasteiger charge is 2.38. The van der Waals surface area contributed by atoms with Crippen molar-refractivity contribution in [2.24, 2.45) is 5.16 Å². The molecule has 4 nitrogen and oxygen atoms in total. The molecule has 150 valence electrons. The fourth-order valence-electron chi connectivity index (χ4n) is 3.59. The van der Waals surface area contributed by atoms with E-state index >= 15 is 0 Å². The molecule has 1 aliphatic heterocycles. The van der Waals surface area contributed by atoms with Crippen molar-refractivity contribution in [3.8, 4) is 0 Å². The molecule has 1 aliphatic rings. The number of hydrogen-bond acceptors (Lipinski definition) is 5. The van der Waals surface area contributed by atoms with Crippen LogP contribution in [0.25, 0.3) is 0 Å². The Labute approximate surface area is 170 Å². The molecule has 2 aromatic rings. The van der Waals surface area contributed by atoms with Crippen molar-refractivity contribution in [3.05, 3.63) is 59.4 Å². The van der Waals surface area contributed by atoms with Crippen molar-refractivity contribution >= 4 is 17.5 Å². The average molecular weight is 404 g/mol. The molecular weight excluding hydrogens is 377 g/mol. The topological polar surface area (TPSA) is 40.0 Å². The number of ether oxygens (including phenoxy) is 2. The summed E-state index contributed by atoms with van der Waals surface area (Å²) in [7, 11) is 3.22. The third-order valence-electron chi connectivity index (χ3n) is 5.05. The molecular formula is C22H26FNO3S. The van der Waals surface area contributed by atoms with E-state index in [0.29, 0.717) is 19.4 Å². The molecule has 1 saturated heterocycles. The second-order valence-electron chi connectivity index (χ2n) is 7.00. The molecule has 2 atom stereocenters. The van der Waals surface area contributed by atoms with Crippen LogP contribution >= 0.6 is 11.8 Å². The Morgan fingerprint density at radius 3 is 2.57 bits per heavy atom. The maximum atomic E-state index is 14.4. The zero-order valence-electron chi connectivity index (χ0n) is 16.7. The molecule has 0 aliphatic carbocycles. The van der Waals surface area contributed by atoms with Crippen LogP contribution in [0, 0.1) is 5.82 Å². The van der Waals surface area contributed by atoms with Gasteiger partial charge in [0, 0.05) is 29.7 Å². The highest BCUT2D eigenvalue weighted by Crippen LogP contribution is 2.40. The first-order valence-corrected chi connectivity index (χ1v) is 10.1. The summed E-state index contributed by atoms with van der Waals surface area (Å²) in [6, 6.07) is 13.1. The van der Waals surface area contributed by atoms with E-state index in [1.54, 1.807) is 19.2 Å². The first kappa shape index (κ1) is 20.8. The highest BCUT2D eigenvalue weighted by atomic mass is 32.2. The first-order chi connectivity index (χ1) is 13.5. The third kappa shape index (κ3) is 4.74. The SMILES string of the molecule is CO/N=C(\C)c1ccc(Sc2cc(F)cc([C@@]3(OC)CCO[C@@H](C)C3)c2)cc1. The van der Waals surface area contributed by atoms with Gasteiger partial charge in [0.05, 0.1) is 24.0 Å². The zero-order chi connectivity index (χ0) is 20.1. The van der Waals surface area contributed by atoms with Crippen LogP contribution < -0.4 is 0 Å². The van der Waals surface area contributed by atoms with Crippen LogP contribution in [0.2, 0.25) is 0 Å². The lowest BCUT2D eigenvalue weighted by molar-refractivity contribution is -0.122. The van der Waals surface area contributed by atoms with Gasteiger partial charge in [0.25, 0.3) is 0 Å². The lowest BCUT2D eigenvalue weighted by atomic mass is 9.83. The Morgan fingerprint density at radius 1 is 1.18 bits per heavy atom. The fraction of sp³-hybridized carbons (Fsp3) is 0.409. The second-order valence-corrected chi connectivity index (χ2v) is 8.14. The predicted molar refractivity (Wildman–Crippen MR) is 110 cm³/mol. The highest BCUT2D eigenvalue weighted by molar-refractivity contribution is 7.99. The van der Waals surface area contributed by atoms with E-state index in [4.69, 9.17) is 14.3 Å². The van der Waals surface area contributed by atoms with Gasteiger partial charge in [0.1, 0.15) is 12.9 Å². The largest absolute Gasteiger partial charge is 0.399 e. The van der Waals surface area contributed by atoms with Gasteiger partial charge in [0.2, 0.25) is 0 Å². The lowest BCUT2D eigenvalue weighted by Crippen LogP contribution is -2.39. The maximum Gasteiger partial charge on any atom is 0.124 e. The van der Waals surface area contributed by atoms with Crippen LogP contribution in [-0.2, 0) is 19.9 Å². The summed E-state index contributed by atoms with van der Waals surface area (Å²) < 4.78 is 26.0. The van der Waals surface area contributed by atoms with E-state index in [1.807, 2.05) is 44.2 Å². The van der Waals surface area contributed by atoms with E-state index in [1.165, 1.54) is 18.9 Å². The Kier molecular flexibility index (Phi) is 6.75. The van der Waals surface area contributed by atoms with Crippen molar-refractivity contribution in [3.63, 3.8) is 0 Å². The van der Waals surface area contributed by atoms with Gasteiger partial charge in [-0.05, 0) is 55.3 Å². The van der Waals surface area contributed by atoms with Gasteiger partial charge in [-0.2, -0.15) is 0 Å². The van der Waals surface area contributed by atoms with Crippen molar-refractivity contribution in [2.45, 2.75) is 48.2 Å². The smallest absolute Gasteiger partial charge is 0.124 e. The molecule has 0 aromatic heterocycles. The number of benzene rings is 2. The first-order valence-electron chi connectivity index (χ1n) is 9.29. The molecule has 0 saturated carbocycles. The zero-order valence-corrected chi connectivity index (χ0v) is 17.5. The van der Waals surface area contributed by atoms with Gasteiger partial charge in [-0.1, -0.05) is 29.1 Å². The summed E-state index contributed by atoms with van der Waals surface area (Å²) in [6.07, 6.45) is 1.51. The molecule has 6 heteroatoms. The van der Waals surface area contributed by atoms with Crippen molar-refractivity contribution in [1.29, 1.82) is 0 Å². The summed E-state index contributed by atoms with van der Waals surface area (Å²) in [5.41, 5.74) is 2.16. The lowest BCUT2D eigenvalue weighted by Gasteiger charge is -2.39. The number of halogens is 1. The minimum atomic E-state index is -0.507. The molecule has 2 aromatic carbocycles. The Bertz CT molecular complexity index is 840. The van der Waals surface area contributed by atoms with E-state index < -0.39 is 5.60 Å². The quantitative estimate of drug-likeness (QED) is 0.479. The summed E-state index contributed by atoms with van der Waals surface area (Å²) in [4.78, 5) is 6.69. The van der Waals surface area contributed by atoms with Crippen LogP contribution in [0.15, 0.2) is 57.4 Å². The van der Waals surface area contributed by atoms with Gasteiger partial charge in [0.15, 0.2) is 0 Å². The van der Waals surface area contributed by atoms with E-state index in [-0.39, 0.29) is 11.9 Å². The van der Waals surface area contributed by atoms with E-state index in [0.717, 1.165) is 26.6 Å². The summed E-state index contributed by atoms with van der Waals surface area (Å²) in [5, 5.41) is 3.94. The Morgan fingerprint density at radius 2 is 1.93 bits per heavy atom. The monoisotopic (exact) mass is 403 g/mol. The normalized spacial score (nSPS) is 22.9. The van der Waals surface area contributed by atoms with Crippen molar-refractivity contribution < 1.29 is 18.7 Å². The summed E-state index contributed by atoms with van der Waals surface area (Å²) in [5.74, 6) is -0.254. The van der Waals surface area contributed by atoms with Crippen LogP contribution in [0.4, 0.5) is 4.39 Å². The molecule has 28 heavy (non-hydrogen) atoms. The number of nitrogens with zero attached hydrogens (tertiary/aromatic N) is 1. The van der Waals surface area contributed by atoms with Crippen LogP contribution in [0.3, 0.4) is 0 Å². The van der Waals surface area contributed by atoms with Crippen LogP contribution in [0.1, 0.15) is 37.8 Å². The minimum absolute atomic E-state index is 0.0811. The third-order valence-corrected chi connectivity index (χ3v) is 6.03. The van der Waals surface area contributed by atoms with E-state index in [2.05, 4.69) is 5.16 Å². The predicted octanol–water partition coefficient (Wildman–Crippen LogP) is 5.39. The van der Waals surface area contributed by atoms with E-state index in [9.17, 15) is 4.39 Å². The maximum absolute atomic E-state index is 14.4. The fourth-order valence-corrected chi connectivity index (χ4v) is 4.49. The van der Waals surface area contributed by atoms with Crippen LogP contribution in [-0.4, -0.2) is 32.6 Å². The average Bonchev–Trinajstić information content (AvgIpc) is 2.68. The summed E-state index contributed by atoms with van der Waals surface area (Å²) >= 11 is 1.53. The van der Waals surface area contributed by atoms with Crippen molar-refractivity contribution in [2.75, 3.05) is 20.8 Å². The Hall–Kier alpha value is -1.89. The number of oxime groups is 1. The van der Waals surface area contributed by atoms with Crippen molar-refractivity contribution in [1.82, 2.24) is 0 Å². The van der Waals surface area contributed by atoms with Gasteiger partial charge < -0.3 is 14.3 Å². The molecule has 3 rings (SSSR count). The molecule has 0 spiro atoms. The minimum Gasteiger partial charge on any atom is -0.399 e. The van der Waals surface area contributed by atoms with Crippen LogP contribution in [0.5, 0.6) is 0 Å². The Balaban J connectivity index is 1.85. The van der Waals surface area contributed by atoms with Gasteiger partial charge >= 0.3 is 0 Å². The number of hydrogen-bond donors (Lipinski definition) is 0. The molecule has 0 amide bonds. The number of rotatable bonds is 6. The molecule has 0 N–H and O–H groups in total. The molecule has 0 unspecified atom stereocenters. The standard InChI is InChI=1S/C22H26FNO3S/c1-15-14-22(25-3,9-10-27-15)18-11-19(23)13-21(12-18)28-20-7-5-17(6-8-20)16(2)24-26-4/h5-8,11-13,15H,9-10,14H2,1-4H3/b24-16+/t15-,22+/m0/s1. The molecule has 1 fully saturated rings. The van der Waals surface area contributed by atoms with Gasteiger partial charge in [-0.15, -0.1) is 0 Å². The molecule has 0 radical (unpaired) electrons. The van der Waals surface area contributed by atoms with Gasteiger partial charge in [-0.25, -0.2) is 4.39 Å². The second kappa shape index (κ2) is 9.07. The molecule has 0 bridgehead atoms. The van der Waals surface area contributed by atoms with Gasteiger partial charge in [-0.3, -0.25) is 0 Å². The number of methoxy groups -OCH3 is 1. The molecule has 1 heterocycles.